The molecular weight excluding hydrogens is 485 g/mol. The predicted octanol–water partition coefficient (Wildman–Crippen LogP) is 5.58. The number of halogens is 3. The van der Waals surface area contributed by atoms with E-state index in [2.05, 4.69) is 5.32 Å². The van der Waals surface area contributed by atoms with Crippen molar-refractivity contribution in [1.82, 2.24) is 10.2 Å². The van der Waals surface area contributed by atoms with Crippen molar-refractivity contribution in [1.29, 1.82) is 0 Å². The van der Waals surface area contributed by atoms with E-state index < -0.39 is 38.3 Å². The van der Waals surface area contributed by atoms with Gasteiger partial charge in [0.2, 0.25) is 0 Å². The molecule has 0 unspecified atom stereocenters. The van der Waals surface area contributed by atoms with Gasteiger partial charge in [-0.15, -0.1) is 0 Å². The average Bonchev–Trinajstić information content (AvgIpc) is 3.26. The first kappa shape index (κ1) is 26.1. The third-order valence-corrected chi connectivity index (χ3v) is 5.91. The van der Waals surface area contributed by atoms with Crippen molar-refractivity contribution >= 4 is 16.1 Å². The summed E-state index contributed by atoms with van der Waals surface area (Å²) in [4.78, 5) is 13.7. The molecule has 35 heavy (non-hydrogen) atoms. The van der Waals surface area contributed by atoms with Crippen LogP contribution in [0.3, 0.4) is 0 Å². The molecule has 1 N–H and O–H groups in total. The van der Waals surface area contributed by atoms with Crippen LogP contribution in [0.5, 0.6) is 5.75 Å². The second kappa shape index (κ2) is 10.0. The van der Waals surface area contributed by atoms with E-state index in [1.165, 1.54) is 23.3 Å². The zero-order valence-electron chi connectivity index (χ0n) is 19.3. The lowest BCUT2D eigenvalue weighted by atomic mass is 10.1. The molecule has 0 saturated heterocycles. The molecule has 0 spiro atoms. The van der Waals surface area contributed by atoms with Crippen LogP contribution in [0, 0.1) is 0 Å². The van der Waals surface area contributed by atoms with Crippen LogP contribution in [-0.2, 0) is 29.4 Å². The molecule has 0 radical (unpaired) electrons. The Labute approximate surface area is 201 Å². The fraction of sp³-hybridized carbons (Fsp3) is 0.292. The molecular formula is C24H25F3N2O5S. The molecule has 11 heteroatoms. The van der Waals surface area contributed by atoms with Crippen LogP contribution in [0.2, 0.25) is 0 Å². The Morgan fingerprint density at radius 3 is 2.34 bits per heavy atom. The largest absolute Gasteiger partial charge is 0.467 e. The number of benzene rings is 2. The van der Waals surface area contributed by atoms with Gasteiger partial charge in [-0.25, -0.2) is 4.79 Å². The number of hydrogen-bond acceptors (Lipinski definition) is 5. The standard InChI is InChI=1S/C24H25F3N2O5S/c1-23(2,3)28-22(30)29(16-19-10-7-13-33-19)15-17-8-4-5-12-21(17)34-35(31,32)20-11-6-9-18(14-20)24(25,26)27/h4-14H,15-16H2,1-3H3,(H,28,30). The lowest BCUT2D eigenvalue weighted by molar-refractivity contribution is -0.137. The van der Waals surface area contributed by atoms with Crippen molar-refractivity contribution in [3.8, 4) is 5.75 Å². The van der Waals surface area contributed by atoms with Gasteiger partial charge < -0.3 is 18.8 Å². The van der Waals surface area contributed by atoms with Crippen molar-refractivity contribution in [2.24, 2.45) is 0 Å². The highest BCUT2D eigenvalue weighted by atomic mass is 32.2. The van der Waals surface area contributed by atoms with E-state index in [4.69, 9.17) is 8.60 Å². The van der Waals surface area contributed by atoms with Gasteiger partial charge in [0.1, 0.15) is 16.4 Å². The number of carbonyl (C=O) groups is 1. The first-order valence-electron chi connectivity index (χ1n) is 10.5. The van der Waals surface area contributed by atoms with Crippen molar-refractivity contribution in [3.63, 3.8) is 0 Å². The molecule has 0 saturated carbocycles. The summed E-state index contributed by atoms with van der Waals surface area (Å²) in [6.07, 6.45) is -3.25. The minimum absolute atomic E-state index is 0.0586. The Morgan fingerprint density at radius 1 is 1.00 bits per heavy atom. The minimum atomic E-state index is -4.71. The van der Waals surface area contributed by atoms with Crippen LogP contribution in [0.4, 0.5) is 18.0 Å². The van der Waals surface area contributed by atoms with E-state index in [0.29, 0.717) is 17.4 Å². The fourth-order valence-electron chi connectivity index (χ4n) is 3.11. The number of urea groups is 1. The summed E-state index contributed by atoms with van der Waals surface area (Å²) in [6, 6.07) is 12.3. The summed E-state index contributed by atoms with van der Waals surface area (Å²) in [7, 11) is -4.59. The normalized spacial score (nSPS) is 12.3. The van der Waals surface area contributed by atoms with E-state index >= 15 is 0 Å². The molecule has 0 atom stereocenters. The smallest absolute Gasteiger partial charge is 0.416 e. The Balaban J connectivity index is 1.90. The number of furan rings is 1. The number of para-hydroxylation sites is 1. The molecule has 2 amide bonds. The molecule has 3 rings (SSSR count). The molecule has 0 aliphatic carbocycles. The van der Waals surface area contributed by atoms with Gasteiger partial charge in [-0.2, -0.15) is 21.6 Å². The number of amides is 2. The van der Waals surface area contributed by atoms with E-state index in [1.807, 2.05) is 20.8 Å². The molecule has 0 bridgehead atoms. The quantitative estimate of drug-likeness (QED) is 0.420. The van der Waals surface area contributed by atoms with E-state index in [1.54, 1.807) is 24.3 Å². The second-order valence-electron chi connectivity index (χ2n) is 8.79. The fourth-order valence-corrected chi connectivity index (χ4v) is 4.12. The predicted molar refractivity (Wildman–Crippen MR) is 122 cm³/mol. The number of hydrogen-bond donors (Lipinski definition) is 1. The van der Waals surface area contributed by atoms with Crippen LogP contribution in [0.15, 0.2) is 76.2 Å². The molecule has 7 nitrogen and oxygen atoms in total. The highest BCUT2D eigenvalue weighted by molar-refractivity contribution is 7.87. The maximum absolute atomic E-state index is 13.1. The van der Waals surface area contributed by atoms with Gasteiger partial charge in [0.25, 0.3) is 0 Å². The van der Waals surface area contributed by atoms with Gasteiger partial charge in [0.05, 0.1) is 24.9 Å². The Kier molecular flexibility index (Phi) is 7.49. The van der Waals surface area contributed by atoms with Crippen molar-refractivity contribution in [2.45, 2.75) is 50.5 Å². The van der Waals surface area contributed by atoms with Crippen LogP contribution < -0.4 is 9.50 Å². The summed E-state index contributed by atoms with van der Waals surface area (Å²) < 4.78 is 75.3. The average molecular weight is 511 g/mol. The Hall–Kier alpha value is -3.47. The van der Waals surface area contributed by atoms with Crippen LogP contribution in [-0.4, -0.2) is 24.9 Å². The zero-order chi connectivity index (χ0) is 25.9. The zero-order valence-corrected chi connectivity index (χ0v) is 20.1. The van der Waals surface area contributed by atoms with Crippen LogP contribution in [0.1, 0.15) is 37.7 Å². The molecule has 188 valence electrons. The van der Waals surface area contributed by atoms with Crippen molar-refractivity contribution in [2.75, 3.05) is 0 Å². The lowest BCUT2D eigenvalue weighted by Crippen LogP contribution is -2.47. The molecule has 2 aromatic carbocycles. The topological polar surface area (TPSA) is 88.8 Å². The van der Waals surface area contributed by atoms with E-state index in [-0.39, 0.29) is 18.8 Å². The molecule has 0 aliphatic rings. The third kappa shape index (κ3) is 7.25. The lowest BCUT2D eigenvalue weighted by Gasteiger charge is -2.28. The Bertz CT molecular complexity index is 1270. The second-order valence-corrected chi connectivity index (χ2v) is 10.3. The summed E-state index contributed by atoms with van der Waals surface area (Å²) in [5, 5.41) is 2.85. The monoisotopic (exact) mass is 510 g/mol. The summed E-state index contributed by atoms with van der Waals surface area (Å²) in [5.41, 5.74) is -1.32. The van der Waals surface area contributed by atoms with Crippen LogP contribution >= 0.6 is 0 Å². The molecule has 3 aromatic rings. The van der Waals surface area contributed by atoms with Gasteiger partial charge in [0, 0.05) is 11.1 Å². The van der Waals surface area contributed by atoms with Gasteiger partial charge in [-0.1, -0.05) is 24.3 Å². The highest BCUT2D eigenvalue weighted by Crippen LogP contribution is 2.32. The van der Waals surface area contributed by atoms with E-state index in [0.717, 1.165) is 18.2 Å². The first-order chi connectivity index (χ1) is 16.2. The molecule has 0 aliphatic heterocycles. The summed E-state index contributed by atoms with van der Waals surface area (Å²) >= 11 is 0. The molecule has 1 heterocycles. The van der Waals surface area contributed by atoms with Gasteiger partial charge in [-0.05, 0) is 57.2 Å². The van der Waals surface area contributed by atoms with E-state index in [9.17, 15) is 26.4 Å². The number of nitrogens with one attached hydrogen (secondary N) is 1. The van der Waals surface area contributed by atoms with Crippen molar-refractivity contribution in [3.05, 3.63) is 83.8 Å². The first-order valence-corrected chi connectivity index (χ1v) is 11.9. The van der Waals surface area contributed by atoms with Crippen LogP contribution in [0.25, 0.3) is 0 Å². The Morgan fingerprint density at radius 2 is 1.71 bits per heavy atom. The third-order valence-electron chi connectivity index (χ3n) is 4.68. The van der Waals surface area contributed by atoms with Gasteiger partial charge in [-0.3, -0.25) is 0 Å². The van der Waals surface area contributed by atoms with Gasteiger partial charge >= 0.3 is 22.3 Å². The minimum Gasteiger partial charge on any atom is -0.467 e. The number of alkyl halides is 3. The summed E-state index contributed by atoms with van der Waals surface area (Å²) in [5.74, 6) is 0.391. The van der Waals surface area contributed by atoms with Crippen molar-refractivity contribution < 1.29 is 35.0 Å². The summed E-state index contributed by atoms with van der Waals surface area (Å²) in [6.45, 7) is 5.47. The van der Waals surface area contributed by atoms with Gasteiger partial charge in [0.15, 0.2) is 0 Å². The number of carbonyl (C=O) groups excluding carboxylic acids is 1. The number of rotatable bonds is 7. The number of nitrogens with zero attached hydrogens (tertiary/aromatic N) is 1. The molecule has 0 fully saturated rings. The maximum atomic E-state index is 13.1. The highest BCUT2D eigenvalue weighted by Gasteiger charge is 2.32. The SMILES string of the molecule is CC(C)(C)NC(=O)N(Cc1ccco1)Cc1ccccc1OS(=O)(=O)c1cccc(C(F)(F)F)c1. The molecule has 1 aromatic heterocycles. The maximum Gasteiger partial charge on any atom is 0.416 e.